The van der Waals surface area contributed by atoms with Gasteiger partial charge in [0.2, 0.25) is 0 Å². The van der Waals surface area contributed by atoms with Crippen molar-refractivity contribution in [3.63, 3.8) is 0 Å². The molecule has 0 aliphatic carbocycles. The first-order chi connectivity index (χ1) is 18.4. The van der Waals surface area contributed by atoms with Gasteiger partial charge in [-0.1, -0.05) is 92.3 Å². The van der Waals surface area contributed by atoms with Crippen molar-refractivity contribution < 1.29 is 9.84 Å². The molecule has 0 aliphatic rings. The summed E-state index contributed by atoms with van der Waals surface area (Å²) in [5.41, 5.74) is 6.71. The number of rotatable bonds is 11. The predicted octanol–water partition coefficient (Wildman–Crippen LogP) is 8.28. The van der Waals surface area contributed by atoms with E-state index in [1.807, 2.05) is 6.07 Å². The zero-order valence-electron chi connectivity index (χ0n) is 23.3. The standard InChI is InChI=1S/C33H39N3O2/c1-6-7-8-9-12-26(21-38-30-14-11-10-13-29(30)37)31-34-32(27-17-15-22(2)19-24(27)4)36-33(35-31)28-18-16-23(3)20-25(28)5/h10-11,13-20,26,37H,6-9,12,21H2,1-5H3. The molecule has 1 unspecified atom stereocenters. The zero-order valence-corrected chi connectivity index (χ0v) is 23.3. The lowest BCUT2D eigenvalue weighted by Gasteiger charge is -2.19. The van der Waals surface area contributed by atoms with E-state index in [0.717, 1.165) is 47.3 Å². The van der Waals surface area contributed by atoms with Crippen LogP contribution in [0.4, 0.5) is 0 Å². The van der Waals surface area contributed by atoms with Gasteiger partial charge in [-0.25, -0.2) is 15.0 Å². The normalized spacial score (nSPS) is 11.9. The summed E-state index contributed by atoms with van der Waals surface area (Å²) in [5, 5.41) is 10.3. The summed E-state index contributed by atoms with van der Waals surface area (Å²) in [5.74, 6) is 2.68. The van der Waals surface area contributed by atoms with E-state index < -0.39 is 0 Å². The Morgan fingerprint density at radius 1 is 0.737 bits per heavy atom. The molecule has 0 bridgehead atoms. The monoisotopic (exact) mass is 509 g/mol. The van der Waals surface area contributed by atoms with Crippen molar-refractivity contribution in [1.82, 2.24) is 15.0 Å². The largest absolute Gasteiger partial charge is 0.504 e. The Morgan fingerprint density at radius 3 is 1.89 bits per heavy atom. The SMILES string of the molecule is CCCCCCC(COc1ccccc1O)c1nc(-c2ccc(C)cc2C)nc(-c2ccc(C)cc2C)n1. The van der Waals surface area contributed by atoms with Crippen molar-refractivity contribution in [2.24, 2.45) is 0 Å². The summed E-state index contributed by atoms with van der Waals surface area (Å²) in [7, 11) is 0. The first-order valence-corrected chi connectivity index (χ1v) is 13.7. The maximum atomic E-state index is 10.3. The van der Waals surface area contributed by atoms with Crippen LogP contribution in [0.5, 0.6) is 11.5 Å². The minimum Gasteiger partial charge on any atom is -0.504 e. The van der Waals surface area contributed by atoms with Crippen molar-refractivity contribution in [2.75, 3.05) is 6.61 Å². The molecule has 0 spiro atoms. The fourth-order valence-electron chi connectivity index (χ4n) is 4.82. The number of aromatic nitrogens is 3. The fourth-order valence-corrected chi connectivity index (χ4v) is 4.82. The quantitative estimate of drug-likeness (QED) is 0.206. The van der Waals surface area contributed by atoms with Gasteiger partial charge < -0.3 is 9.84 Å². The number of phenols is 1. The minimum atomic E-state index is -0.0385. The number of phenolic OH excluding ortho intramolecular Hbond substituents is 1. The van der Waals surface area contributed by atoms with Crippen LogP contribution >= 0.6 is 0 Å². The predicted molar refractivity (Wildman–Crippen MR) is 155 cm³/mol. The van der Waals surface area contributed by atoms with Gasteiger partial charge in [-0.3, -0.25) is 0 Å². The van der Waals surface area contributed by atoms with Crippen LogP contribution in [0.1, 0.15) is 73.0 Å². The van der Waals surface area contributed by atoms with Crippen LogP contribution in [0.15, 0.2) is 60.7 Å². The number of benzene rings is 3. The lowest BCUT2D eigenvalue weighted by molar-refractivity contribution is 0.262. The molecule has 0 amide bonds. The van der Waals surface area contributed by atoms with Gasteiger partial charge in [0.15, 0.2) is 23.1 Å². The Kier molecular flexibility index (Phi) is 9.11. The third-order valence-corrected chi connectivity index (χ3v) is 6.97. The Hall–Kier alpha value is -3.73. The molecule has 1 atom stereocenters. The van der Waals surface area contributed by atoms with Crippen LogP contribution < -0.4 is 4.74 Å². The van der Waals surface area contributed by atoms with Crippen molar-refractivity contribution in [3.05, 3.63) is 88.7 Å². The molecule has 1 N–H and O–H groups in total. The van der Waals surface area contributed by atoms with E-state index in [2.05, 4.69) is 71.0 Å². The van der Waals surface area contributed by atoms with E-state index >= 15 is 0 Å². The van der Waals surface area contributed by atoms with E-state index in [0.29, 0.717) is 24.0 Å². The molecule has 3 aromatic carbocycles. The fraction of sp³-hybridized carbons (Fsp3) is 0.364. The number of unbranched alkanes of at least 4 members (excludes halogenated alkanes) is 3. The van der Waals surface area contributed by atoms with E-state index in [4.69, 9.17) is 19.7 Å². The second-order valence-electron chi connectivity index (χ2n) is 10.3. The molecule has 1 aromatic heterocycles. The van der Waals surface area contributed by atoms with Gasteiger partial charge in [0.1, 0.15) is 5.82 Å². The Balaban J connectivity index is 1.78. The highest BCUT2D eigenvalue weighted by Crippen LogP contribution is 2.31. The molecule has 4 aromatic rings. The highest BCUT2D eigenvalue weighted by molar-refractivity contribution is 5.66. The van der Waals surface area contributed by atoms with Gasteiger partial charge >= 0.3 is 0 Å². The second kappa shape index (κ2) is 12.7. The summed E-state index contributed by atoms with van der Waals surface area (Å²) in [6.07, 6.45) is 5.50. The molecular weight excluding hydrogens is 470 g/mol. The topological polar surface area (TPSA) is 68.1 Å². The summed E-state index contributed by atoms with van der Waals surface area (Å²) in [6, 6.07) is 19.8. The second-order valence-corrected chi connectivity index (χ2v) is 10.3. The lowest BCUT2D eigenvalue weighted by atomic mass is 9.99. The van der Waals surface area contributed by atoms with Crippen LogP contribution in [0.3, 0.4) is 0 Å². The molecule has 0 aliphatic heterocycles. The van der Waals surface area contributed by atoms with E-state index in [-0.39, 0.29) is 11.7 Å². The first kappa shape index (κ1) is 27.3. The zero-order chi connectivity index (χ0) is 27.1. The molecule has 5 heteroatoms. The van der Waals surface area contributed by atoms with Crippen LogP contribution in [0.25, 0.3) is 22.8 Å². The molecule has 0 saturated carbocycles. The number of aryl methyl sites for hydroxylation is 4. The van der Waals surface area contributed by atoms with Crippen LogP contribution in [-0.4, -0.2) is 26.7 Å². The molecule has 1 heterocycles. The van der Waals surface area contributed by atoms with Gasteiger partial charge in [-0.2, -0.15) is 0 Å². The van der Waals surface area contributed by atoms with Gasteiger partial charge in [-0.05, 0) is 57.4 Å². The first-order valence-electron chi connectivity index (χ1n) is 13.7. The van der Waals surface area contributed by atoms with E-state index in [1.54, 1.807) is 18.2 Å². The molecule has 0 radical (unpaired) electrons. The molecule has 5 nitrogen and oxygen atoms in total. The van der Waals surface area contributed by atoms with Gasteiger partial charge in [0.05, 0.1) is 12.5 Å². The Labute approximate surface area is 227 Å². The van der Waals surface area contributed by atoms with Crippen LogP contribution in [0.2, 0.25) is 0 Å². The number of hydrogen-bond acceptors (Lipinski definition) is 5. The average Bonchev–Trinajstić information content (AvgIpc) is 2.89. The van der Waals surface area contributed by atoms with Crippen LogP contribution in [0, 0.1) is 27.7 Å². The van der Waals surface area contributed by atoms with Crippen molar-refractivity contribution >= 4 is 0 Å². The minimum absolute atomic E-state index is 0.0385. The molecule has 0 saturated heterocycles. The maximum absolute atomic E-state index is 10.3. The summed E-state index contributed by atoms with van der Waals surface area (Å²) < 4.78 is 6.13. The molecule has 4 rings (SSSR count). The number of nitrogens with zero attached hydrogens (tertiary/aromatic N) is 3. The van der Waals surface area contributed by atoms with Gasteiger partial charge in [-0.15, -0.1) is 0 Å². The van der Waals surface area contributed by atoms with Crippen LogP contribution in [-0.2, 0) is 0 Å². The number of para-hydroxylation sites is 2. The van der Waals surface area contributed by atoms with Gasteiger partial charge in [0, 0.05) is 11.1 Å². The maximum Gasteiger partial charge on any atom is 0.163 e. The van der Waals surface area contributed by atoms with Crippen molar-refractivity contribution in [3.8, 4) is 34.3 Å². The highest BCUT2D eigenvalue weighted by Gasteiger charge is 2.21. The average molecular weight is 510 g/mol. The van der Waals surface area contributed by atoms with Crippen molar-refractivity contribution in [1.29, 1.82) is 0 Å². The Bertz CT molecular complexity index is 1310. The third kappa shape index (κ3) is 6.77. The lowest BCUT2D eigenvalue weighted by Crippen LogP contribution is -2.16. The molecular formula is C33H39N3O2. The van der Waals surface area contributed by atoms with Crippen molar-refractivity contribution in [2.45, 2.75) is 72.6 Å². The molecule has 38 heavy (non-hydrogen) atoms. The smallest absolute Gasteiger partial charge is 0.163 e. The number of aromatic hydroxyl groups is 1. The molecule has 198 valence electrons. The van der Waals surface area contributed by atoms with E-state index in [1.165, 1.54) is 24.0 Å². The highest BCUT2D eigenvalue weighted by atomic mass is 16.5. The molecule has 0 fully saturated rings. The van der Waals surface area contributed by atoms with E-state index in [9.17, 15) is 5.11 Å². The summed E-state index contributed by atoms with van der Waals surface area (Å²) >= 11 is 0. The third-order valence-electron chi connectivity index (χ3n) is 6.97. The Morgan fingerprint density at radius 2 is 1.34 bits per heavy atom. The summed E-state index contributed by atoms with van der Waals surface area (Å²) in [4.78, 5) is 15.0. The number of hydrogen-bond donors (Lipinski definition) is 1. The van der Waals surface area contributed by atoms with Gasteiger partial charge in [0.25, 0.3) is 0 Å². The number of ether oxygens (including phenoxy) is 1. The summed E-state index contributed by atoms with van der Waals surface area (Å²) in [6.45, 7) is 11.0.